The molecule has 0 saturated heterocycles. The van der Waals surface area contributed by atoms with Crippen molar-refractivity contribution in [2.24, 2.45) is 0 Å². The van der Waals surface area contributed by atoms with Gasteiger partial charge in [0.1, 0.15) is 0 Å². The first kappa shape index (κ1) is 12.4. The Labute approximate surface area is 116 Å². The van der Waals surface area contributed by atoms with E-state index in [-0.39, 0.29) is 0 Å². The summed E-state index contributed by atoms with van der Waals surface area (Å²) in [5.74, 6) is 0. The van der Waals surface area contributed by atoms with Gasteiger partial charge in [0.2, 0.25) is 0 Å². The Morgan fingerprint density at radius 3 is 2.35 bits per heavy atom. The molecule has 0 amide bonds. The highest BCUT2D eigenvalue weighted by Gasteiger charge is 1.97. The maximum atomic E-state index is 3.44. The normalized spacial score (nSPS) is 10.3. The molecule has 2 aromatic carbocycles. The zero-order valence-electron chi connectivity index (χ0n) is 10.1. The fourth-order valence-corrected chi connectivity index (χ4v) is 2.13. The van der Waals surface area contributed by atoms with E-state index in [4.69, 9.17) is 0 Å². The largest absolute Gasteiger partial charge is 0.381 e. The van der Waals surface area contributed by atoms with Gasteiger partial charge in [0.25, 0.3) is 0 Å². The Balaban J connectivity index is 2.02. The summed E-state index contributed by atoms with van der Waals surface area (Å²) in [6.45, 7) is 5.12. The van der Waals surface area contributed by atoms with Crippen LogP contribution >= 0.6 is 22.6 Å². The van der Waals surface area contributed by atoms with Gasteiger partial charge in [0, 0.05) is 15.8 Å². The van der Waals surface area contributed by atoms with Crippen molar-refractivity contribution in [2.75, 3.05) is 5.32 Å². The van der Waals surface area contributed by atoms with Crippen molar-refractivity contribution < 1.29 is 0 Å². The number of halogens is 1. The minimum atomic E-state index is 0.874. The number of rotatable bonds is 3. The third-order valence-corrected chi connectivity index (χ3v) is 3.95. The summed E-state index contributed by atoms with van der Waals surface area (Å²) >= 11 is 2.37. The quantitative estimate of drug-likeness (QED) is 0.812. The van der Waals surface area contributed by atoms with E-state index >= 15 is 0 Å². The summed E-state index contributed by atoms with van der Waals surface area (Å²) in [5.41, 5.74) is 5.12. The summed E-state index contributed by atoms with van der Waals surface area (Å²) in [6, 6.07) is 15.1. The molecule has 2 aromatic rings. The molecule has 0 fully saturated rings. The average Bonchev–Trinajstić information content (AvgIpc) is 2.33. The SMILES string of the molecule is Cc1ccc(CNc2ccc(C)c(I)c2)cc1. The first-order valence-corrected chi connectivity index (χ1v) is 6.78. The monoisotopic (exact) mass is 337 g/mol. The summed E-state index contributed by atoms with van der Waals surface area (Å²) in [7, 11) is 0. The molecule has 1 N–H and O–H groups in total. The summed E-state index contributed by atoms with van der Waals surface area (Å²) < 4.78 is 1.30. The van der Waals surface area contributed by atoms with E-state index in [1.165, 1.54) is 25.9 Å². The molecule has 0 bridgehead atoms. The molecule has 17 heavy (non-hydrogen) atoms. The summed E-state index contributed by atoms with van der Waals surface area (Å²) in [5, 5.41) is 3.44. The zero-order chi connectivity index (χ0) is 12.3. The third kappa shape index (κ3) is 3.46. The van der Waals surface area contributed by atoms with Gasteiger partial charge in [0.15, 0.2) is 0 Å². The van der Waals surface area contributed by atoms with Crippen LogP contribution in [-0.4, -0.2) is 0 Å². The second-order valence-electron chi connectivity index (χ2n) is 4.30. The van der Waals surface area contributed by atoms with Crippen molar-refractivity contribution in [1.82, 2.24) is 0 Å². The standard InChI is InChI=1S/C15H16IN/c1-11-3-6-13(7-4-11)10-17-14-8-5-12(2)15(16)9-14/h3-9,17H,10H2,1-2H3. The molecule has 0 spiro atoms. The number of benzene rings is 2. The molecule has 0 saturated carbocycles. The number of anilines is 1. The van der Waals surface area contributed by atoms with Gasteiger partial charge >= 0.3 is 0 Å². The van der Waals surface area contributed by atoms with E-state index < -0.39 is 0 Å². The van der Waals surface area contributed by atoms with Crippen LogP contribution < -0.4 is 5.32 Å². The van der Waals surface area contributed by atoms with E-state index in [0.717, 1.165) is 6.54 Å². The van der Waals surface area contributed by atoms with E-state index in [9.17, 15) is 0 Å². The average molecular weight is 337 g/mol. The van der Waals surface area contributed by atoms with Crippen LogP contribution in [0.1, 0.15) is 16.7 Å². The predicted octanol–water partition coefficient (Wildman–Crippen LogP) is 4.52. The van der Waals surface area contributed by atoms with Gasteiger partial charge in [-0.1, -0.05) is 35.9 Å². The molecule has 0 heterocycles. The third-order valence-electron chi connectivity index (χ3n) is 2.79. The molecular weight excluding hydrogens is 321 g/mol. The van der Waals surface area contributed by atoms with Crippen molar-refractivity contribution in [3.63, 3.8) is 0 Å². The maximum Gasteiger partial charge on any atom is 0.0400 e. The molecule has 2 rings (SSSR count). The molecule has 88 valence electrons. The molecule has 2 heteroatoms. The molecule has 0 unspecified atom stereocenters. The molecule has 1 nitrogen and oxygen atoms in total. The van der Waals surface area contributed by atoms with Crippen LogP contribution in [0.3, 0.4) is 0 Å². The second kappa shape index (κ2) is 5.54. The van der Waals surface area contributed by atoms with Crippen LogP contribution in [0.2, 0.25) is 0 Å². The van der Waals surface area contributed by atoms with Gasteiger partial charge in [0.05, 0.1) is 0 Å². The molecule has 0 aromatic heterocycles. The van der Waals surface area contributed by atoms with Gasteiger partial charge in [-0.3, -0.25) is 0 Å². The van der Waals surface area contributed by atoms with Crippen LogP contribution in [0.25, 0.3) is 0 Å². The Morgan fingerprint density at radius 1 is 1.00 bits per heavy atom. The fourth-order valence-electron chi connectivity index (χ4n) is 1.61. The summed E-state index contributed by atoms with van der Waals surface area (Å²) in [4.78, 5) is 0. The minimum Gasteiger partial charge on any atom is -0.381 e. The van der Waals surface area contributed by atoms with Crippen LogP contribution in [0.5, 0.6) is 0 Å². The van der Waals surface area contributed by atoms with Gasteiger partial charge in [-0.15, -0.1) is 0 Å². The minimum absolute atomic E-state index is 0.874. The van der Waals surface area contributed by atoms with Crippen LogP contribution in [0.15, 0.2) is 42.5 Å². The molecule has 0 aliphatic carbocycles. The van der Waals surface area contributed by atoms with Crippen molar-refractivity contribution in [3.05, 3.63) is 62.7 Å². The van der Waals surface area contributed by atoms with Gasteiger partial charge < -0.3 is 5.32 Å². The fraction of sp³-hybridized carbons (Fsp3) is 0.200. The van der Waals surface area contributed by atoms with E-state index in [2.05, 4.69) is 84.2 Å². The van der Waals surface area contributed by atoms with Gasteiger partial charge in [-0.05, 0) is 59.7 Å². The van der Waals surface area contributed by atoms with E-state index in [1.807, 2.05) is 0 Å². The smallest absolute Gasteiger partial charge is 0.0400 e. The van der Waals surface area contributed by atoms with Gasteiger partial charge in [-0.2, -0.15) is 0 Å². The van der Waals surface area contributed by atoms with Crippen molar-refractivity contribution in [3.8, 4) is 0 Å². The lowest BCUT2D eigenvalue weighted by atomic mass is 10.1. The topological polar surface area (TPSA) is 12.0 Å². The Morgan fingerprint density at radius 2 is 1.71 bits per heavy atom. The molecule has 0 aliphatic rings. The highest BCUT2D eigenvalue weighted by Crippen LogP contribution is 2.17. The number of hydrogen-bond donors (Lipinski definition) is 1. The molecular formula is C15H16IN. The molecule has 0 radical (unpaired) electrons. The highest BCUT2D eigenvalue weighted by molar-refractivity contribution is 14.1. The van der Waals surface area contributed by atoms with Gasteiger partial charge in [-0.25, -0.2) is 0 Å². The lowest BCUT2D eigenvalue weighted by molar-refractivity contribution is 1.14. The highest BCUT2D eigenvalue weighted by atomic mass is 127. The van der Waals surface area contributed by atoms with Crippen LogP contribution in [0, 0.1) is 17.4 Å². The van der Waals surface area contributed by atoms with Crippen molar-refractivity contribution in [2.45, 2.75) is 20.4 Å². The molecule has 0 aliphatic heterocycles. The first-order chi connectivity index (χ1) is 8.15. The Bertz CT molecular complexity index is 503. The lowest BCUT2D eigenvalue weighted by Gasteiger charge is -2.08. The number of aryl methyl sites for hydroxylation is 2. The van der Waals surface area contributed by atoms with E-state index in [0.29, 0.717) is 0 Å². The first-order valence-electron chi connectivity index (χ1n) is 5.71. The van der Waals surface area contributed by atoms with Crippen LogP contribution in [-0.2, 0) is 6.54 Å². The predicted molar refractivity (Wildman–Crippen MR) is 82.4 cm³/mol. The molecule has 0 atom stereocenters. The van der Waals surface area contributed by atoms with E-state index in [1.54, 1.807) is 0 Å². The second-order valence-corrected chi connectivity index (χ2v) is 5.47. The number of hydrogen-bond acceptors (Lipinski definition) is 1. The Hall–Kier alpha value is -1.03. The lowest BCUT2D eigenvalue weighted by Crippen LogP contribution is -1.99. The van der Waals surface area contributed by atoms with Crippen molar-refractivity contribution >= 4 is 28.3 Å². The maximum absolute atomic E-state index is 3.44. The van der Waals surface area contributed by atoms with Crippen LogP contribution in [0.4, 0.5) is 5.69 Å². The zero-order valence-corrected chi connectivity index (χ0v) is 12.3. The summed E-state index contributed by atoms with van der Waals surface area (Å²) in [6.07, 6.45) is 0. The Kier molecular flexibility index (Phi) is 4.05. The number of nitrogens with one attached hydrogen (secondary N) is 1. The van der Waals surface area contributed by atoms with Crippen molar-refractivity contribution in [1.29, 1.82) is 0 Å².